The Balaban J connectivity index is 2.29. The predicted molar refractivity (Wildman–Crippen MR) is 48.7 cm³/mol. The van der Waals surface area contributed by atoms with Crippen LogP contribution < -0.4 is 4.87 Å². The lowest BCUT2D eigenvalue weighted by Gasteiger charge is -1.99. The van der Waals surface area contributed by atoms with Gasteiger partial charge in [-0.25, -0.2) is 0 Å². The maximum atomic E-state index is 11.2. The maximum absolute atomic E-state index is 11.2. The Kier molecular flexibility index (Phi) is 1.97. The summed E-state index contributed by atoms with van der Waals surface area (Å²) in [6.07, 6.45) is 3.37. The van der Waals surface area contributed by atoms with E-state index in [1.165, 1.54) is 11.3 Å². The molecule has 13 heavy (non-hydrogen) atoms. The van der Waals surface area contributed by atoms with Gasteiger partial charge in [0.25, 0.3) is 0 Å². The van der Waals surface area contributed by atoms with Crippen molar-refractivity contribution in [2.45, 2.75) is 6.54 Å². The molecular formula is C7H8N4OS. The Labute approximate surface area is 78.3 Å². The quantitative estimate of drug-likeness (QED) is 0.684. The van der Waals surface area contributed by atoms with Gasteiger partial charge >= 0.3 is 4.87 Å². The van der Waals surface area contributed by atoms with Crippen molar-refractivity contribution < 1.29 is 0 Å². The molecule has 0 atom stereocenters. The van der Waals surface area contributed by atoms with Crippen molar-refractivity contribution in [2.75, 3.05) is 0 Å². The zero-order chi connectivity index (χ0) is 9.26. The van der Waals surface area contributed by atoms with Crippen LogP contribution >= 0.6 is 11.3 Å². The van der Waals surface area contributed by atoms with Crippen molar-refractivity contribution in [3.05, 3.63) is 33.4 Å². The minimum absolute atomic E-state index is 0.0306. The number of nitrogens with zero attached hydrogens (tertiary/aromatic N) is 4. The van der Waals surface area contributed by atoms with Crippen molar-refractivity contribution in [3.8, 4) is 0 Å². The summed E-state index contributed by atoms with van der Waals surface area (Å²) in [6, 6.07) is 0. The van der Waals surface area contributed by atoms with Gasteiger partial charge in [-0.15, -0.1) is 10.2 Å². The standard InChI is InChI=1S/C7H8N4OS/c1-10-5-8-9-6(10)4-11-2-3-13-7(11)12/h2-3,5H,4H2,1H3. The lowest BCUT2D eigenvalue weighted by atomic mass is 10.6. The SMILES string of the molecule is Cn1cnnc1Cn1ccsc1=O. The minimum atomic E-state index is 0.0306. The molecule has 2 aromatic heterocycles. The van der Waals surface area contributed by atoms with Crippen LogP contribution in [0.4, 0.5) is 0 Å². The highest BCUT2D eigenvalue weighted by molar-refractivity contribution is 7.07. The van der Waals surface area contributed by atoms with Crippen LogP contribution in [0.2, 0.25) is 0 Å². The van der Waals surface area contributed by atoms with E-state index in [1.54, 1.807) is 27.0 Å². The van der Waals surface area contributed by atoms with Gasteiger partial charge < -0.3 is 4.57 Å². The molecule has 0 unspecified atom stereocenters. The largest absolute Gasteiger partial charge is 0.319 e. The molecule has 2 heterocycles. The summed E-state index contributed by atoms with van der Waals surface area (Å²) in [5, 5.41) is 9.39. The van der Waals surface area contributed by atoms with Gasteiger partial charge in [-0.05, 0) is 0 Å². The van der Waals surface area contributed by atoms with E-state index in [1.807, 2.05) is 7.05 Å². The molecule has 0 aliphatic rings. The second-order valence-electron chi connectivity index (χ2n) is 2.65. The highest BCUT2D eigenvalue weighted by atomic mass is 32.1. The first kappa shape index (κ1) is 8.18. The highest BCUT2D eigenvalue weighted by Crippen LogP contribution is 1.96. The molecule has 0 radical (unpaired) electrons. The molecule has 0 amide bonds. The Morgan fingerprint density at radius 1 is 1.62 bits per heavy atom. The molecule has 0 aliphatic heterocycles. The van der Waals surface area contributed by atoms with Crippen LogP contribution in [-0.2, 0) is 13.6 Å². The van der Waals surface area contributed by atoms with Crippen LogP contribution in [0.1, 0.15) is 5.82 Å². The van der Waals surface area contributed by atoms with Crippen molar-refractivity contribution in [2.24, 2.45) is 7.05 Å². The van der Waals surface area contributed by atoms with Crippen LogP contribution in [0, 0.1) is 0 Å². The first-order valence-corrected chi connectivity index (χ1v) is 4.62. The third-order valence-electron chi connectivity index (χ3n) is 1.76. The fourth-order valence-corrected chi connectivity index (χ4v) is 1.60. The monoisotopic (exact) mass is 196 g/mol. The van der Waals surface area contributed by atoms with Crippen molar-refractivity contribution in [3.63, 3.8) is 0 Å². The smallest absolute Gasteiger partial charge is 0.307 e. The number of aromatic nitrogens is 4. The number of thiazole rings is 1. The predicted octanol–water partition coefficient (Wildman–Crippen LogP) is 0.0866. The van der Waals surface area contributed by atoms with Gasteiger partial charge in [0.1, 0.15) is 6.33 Å². The number of hydrogen-bond donors (Lipinski definition) is 0. The third kappa shape index (κ3) is 1.52. The maximum Gasteiger partial charge on any atom is 0.307 e. The topological polar surface area (TPSA) is 52.7 Å². The zero-order valence-electron chi connectivity index (χ0n) is 7.04. The normalized spacial score (nSPS) is 10.5. The molecule has 5 nitrogen and oxygen atoms in total. The first-order valence-electron chi connectivity index (χ1n) is 3.74. The van der Waals surface area contributed by atoms with Crippen molar-refractivity contribution >= 4 is 11.3 Å². The van der Waals surface area contributed by atoms with Crippen molar-refractivity contribution in [1.82, 2.24) is 19.3 Å². The molecule has 0 saturated carbocycles. The molecular weight excluding hydrogens is 188 g/mol. The van der Waals surface area contributed by atoms with E-state index in [-0.39, 0.29) is 4.87 Å². The number of hydrogen-bond acceptors (Lipinski definition) is 4. The first-order chi connectivity index (χ1) is 6.27. The van der Waals surface area contributed by atoms with Gasteiger partial charge in [0.05, 0.1) is 6.54 Å². The Morgan fingerprint density at radius 3 is 3.00 bits per heavy atom. The van der Waals surface area contributed by atoms with E-state index in [0.29, 0.717) is 6.54 Å². The molecule has 2 aromatic rings. The van der Waals surface area contributed by atoms with E-state index in [0.717, 1.165) is 5.82 Å². The third-order valence-corrected chi connectivity index (χ3v) is 2.46. The average molecular weight is 196 g/mol. The minimum Gasteiger partial charge on any atom is -0.319 e. The summed E-state index contributed by atoms with van der Waals surface area (Å²) in [7, 11) is 1.85. The van der Waals surface area contributed by atoms with Crippen LogP contribution in [0.25, 0.3) is 0 Å². The lowest BCUT2D eigenvalue weighted by molar-refractivity contribution is 0.689. The lowest BCUT2D eigenvalue weighted by Crippen LogP contribution is -2.15. The van der Waals surface area contributed by atoms with Gasteiger partial charge in [0.15, 0.2) is 5.82 Å². The van der Waals surface area contributed by atoms with Gasteiger partial charge in [0, 0.05) is 18.6 Å². The van der Waals surface area contributed by atoms with E-state index in [2.05, 4.69) is 10.2 Å². The molecule has 0 saturated heterocycles. The molecule has 0 aromatic carbocycles. The van der Waals surface area contributed by atoms with Gasteiger partial charge in [0.2, 0.25) is 0 Å². The zero-order valence-corrected chi connectivity index (χ0v) is 7.86. The highest BCUT2D eigenvalue weighted by Gasteiger charge is 2.03. The number of aryl methyl sites for hydroxylation is 1. The fourth-order valence-electron chi connectivity index (χ4n) is 1.01. The van der Waals surface area contributed by atoms with Crippen LogP contribution in [0.5, 0.6) is 0 Å². The van der Waals surface area contributed by atoms with Gasteiger partial charge in [-0.1, -0.05) is 11.3 Å². The summed E-state index contributed by atoms with van der Waals surface area (Å²) in [5.41, 5.74) is 0. The molecule has 0 N–H and O–H groups in total. The summed E-state index contributed by atoms with van der Waals surface area (Å²) in [4.78, 5) is 11.2. The Bertz CT molecular complexity index is 455. The molecule has 0 spiro atoms. The second kappa shape index (κ2) is 3.14. The average Bonchev–Trinajstić information content (AvgIpc) is 2.65. The molecule has 0 aliphatic carbocycles. The molecule has 0 fully saturated rings. The van der Waals surface area contributed by atoms with E-state index in [9.17, 15) is 4.79 Å². The van der Waals surface area contributed by atoms with E-state index >= 15 is 0 Å². The Morgan fingerprint density at radius 2 is 2.46 bits per heavy atom. The van der Waals surface area contributed by atoms with Crippen LogP contribution in [-0.4, -0.2) is 19.3 Å². The van der Waals surface area contributed by atoms with Gasteiger partial charge in [-0.2, -0.15) is 0 Å². The van der Waals surface area contributed by atoms with E-state index < -0.39 is 0 Å². The fraction of sp³-hybridized carbons (Fsp3) is 0.286. The van der Waals surface area contributed by atoms with Crippen LogP contribution in [0.15, 0.2) is 22.7 Å². The molecule has 2 rings (SSSR count). The summed E-state index contributed by atoms with van der Waals surface area (Å²) in [6.45, 7) is 0.485. The second-order valence-corrected chi connectivity index (χ2v) is 3.51. The summed E-state index contributed by atoms with van der Waals surface area (Å²) >= 11 is 1.18. The van der Waals surface area contributed by atoms with E-state index in [4.69, 9.17) is 0 Å². The summed E-state index contributed by atoms with van der Waals surface area (Å²) < 4.78 is 3.40. The number of rotatable bonds is 2. The molecule has 0 bridgehead atoms. The van der Waals surface area contributed by atoms with Crippen molar-refractivity contribution in [1.29, 1.82) is 0 Å². The Hall–Kier alpha value is -1.43. The molecule has 68 valence electrons. The summed E-state index contributed by atoms with van der Waals surface area (Å²) in [5.74, 6) is 0.778. The van der Waals surface area contributed by atoms with Gasteiger partial charge in [-0.3, -0.25) is 9.36 Å². The van der Waals surface area contributed by atoms with Crippen LogP contribution in [0.3, 0.4) is 0 Å². The molecule has 6 heteroatoms.